The zero-order chi connectivity index (χ0) is 7.68. The Hall–Kier alpha value is 0.300. The van der Waals surface area contributed by atoms with E-state index in [1.54, 1.807) is 11.3 Å². The van der Waals surface area contributed by atoms with Crippen LogP contribution in [0.15, 0.2) is 12.1 Å². The predicted molar refractivity (Wildman–Crippen MR) is 52.5 cm³/mol. The van der Waals surface area contributed by atoms with Crippen LogP contribution in [0.3, 0.4) is 0 Å². The van der Waals surface area contributed by atoms with Crippen molar-refractivity contribution in [3.8, 4) is 0 Å². The molecule has 4 heteroatoms. The van der Waals surface area contributed by atoms with Crippen molar-refractivity contribution in [2.45, 2.75) is 5.37 Å². The van der Waals surface area contributed by atoms with Crippen LogP contribution < -0.4 is 5.32 Å². The molecule has 0 spiro atoms. The zero-order valence-electron chi connectivity index (χ0n) is 5.84. The summed E-state index contributed by atoms with van der Waals surface area (Å²) in [6, 6.07) is 4.06. The predicted octanol–water partition coefficient (Wildman–Crippen LogP) is 2.74. The van der Waals surface area contributed by atoms with Gasteiger partial charge in [0.25, 0.3) is 0 Å². The van der Waals surface area contributed by atoms with E-state index < -0.39 is 0 Å². The van der Waals surface area contributed by atoms with E-state index in [0.717, 1.165) is 10.9 Å². The third-order valence-electron chi connectivity index (χ3n) is 1.57. The zero-order valence-corrected chi connectivity index (χ0v) is 8.23. The highest BCUT2D eigenvalue weighted by Gasteiger charge is 2.17. The third kappa shape index (κ3) is 1.72. The van der Waals surface area contributed by atoms with Crippen molar-refractivity contribution in [1.29, 1.82) is 0 Å². The van der Waals surface area contributed by atoms with Crippen molar-refractivity contribution in [2.75, 3.05) is 12.3 Å². The molecule has 1 N–H and O–H groups in total. The van der Waals surface area contributed by atoms with Crippen molar-refractivity contribution >= 4 is 34.7 Å². The molecular formula is C7H8ClNS2. The summed E-state index contributed by atoms with van der Waals surface area (Å²) in [5, 5.41) is 3.89. The van der Waals surface area contributed by atoms with Crippen molar-refractivity contribution in [3.05, 3.63) is 21.3 Å². The minimum atomic E-state index is 0.493. The van der Waals surface area contributed by atoms with Crippen molar-refractivity contribution in [1.82, 2.24) is 5.32 Å². The summed E-state index contributed by atoms with van der Waals surface area (Å²) in [5.41, 5.74) is 0. The molecule has 1 saturated heterocycles. The van der Waals surface area contributed by atoms with Gasteiger partial charge < -0.3 is 5.32 Å². The van der Waals surface area contributed by atoms with E-state index in [1.807, 2.05) is 17.8 Å². The molecule has 11 heavy (non-hydrogen) atoms. The summed E-state index contributed by atoms with van der Waals surface area (Å²) in [4.78, 5) is 1.34. The highest BCUT2D eigenvalue weighted by molar-refractivity contribution is 7.99. The standard InChI is InChI=1S/C7H8ClNS2/c8-6-2-1-5(11-6)7-9-3-4-10-7/h1-2,7,9H,3-4H2/t7-/m0/s1. The van der Waals surface area contributed by atoms with E-state index in [9.17, 15) is 0 Å². The van der Waals surface area contributed by atoms with Crippen LogP contribution in [0.4, 0.5) is 0 Å². The van der Waals surface area contributed by atoms with Gasteiger partial charge in [-0.05, 0) is 12.1 Å². The average molecular weight is 206 g/mol. The van der Waals surface area contributed by atoms with Gasteiger partial charge in [0.05, 0.1) is 9.71 Å². The van der Waals surface area contributed by atoms with E-state index in [-0.39, 0.29) is 0 Å². The lowest BCUT2D eigenvalue weighted by molar-refractivity contribution is 0.761. The van der Waals surface area contributed by atoms with Gasteiger partial charge in [-0.1, -0.05) is 11.6 Å². The summed E-state index contributed by atoms with van der Waals surface area (Å²) >= 11 is 9.44. The maximum absolute atomic E-state index is 5.82. The molecule has 1 aromatic rings. The highest BCUT2D eigenvalue weighted by atomic mass is 35.5. The molecule has 1 atom stereocenters. The van der Waals surface area contributed by atoms with E-state index >= 15 is 0 Å². The number of hydrogen-bond donors (Lipinski definition) is 1. The van der Waals surface area contributed by atoms with Gasteiger partial charge in [-0.3, -0.25) is 0 Å². The maximum Gasteiger partial charge on any atom is 0.0932 e. The molecule has 1 nitrogen and oxygen atoms in total. The number of thiophene rings is 1. The van der Waals surface area contributed by atoms with Crippen LogP contribution in [-0.4, -0.2) is 12.3 Å². The first-order valence-corrected chi connectivity index (χ1v) is 5.71. The fourth-order valence-electron chi connectivity index (χ4n) is 1.08. The first-order valence-electron chi connectivity index (χ1n) is 3.46. The quantitative estimate of drug-likeness (QED) is 0.757. The molecule has 1 fully saturated rings. The molecule has 0 amide bonds. The first-order chi connectivity index (χ1) is 5.36. The molecule has 2 heterocycles. The molecule has 0 bridgehead atoms. The largest absolute Gasteiger partial charge is 0.300 e. The molecular weight excluding hydrogens is 198 g/mol. The lowest BCUT2D eigenvalue weighted by Gasteiger charge is -2.04. The van der Waals surface area contributed by atoms with E-state index in [4.69, 9.17) is 11.6 Å². The minimum Gasteiger partial charge on any atom is -0.300 e. The van der Waals surface area contributed by atoms with Gasteiger partial charge in [0.2, 0.25) is 0 Å². The van der Waals surface area contributed by atoms with Crippen LogP contribution in [0.1, 0.15) is 10.3 Å². The number of hydrogen-bond acceptors (Lipinski definition) is 3. The van der Waals surface area contributed by atoms with E-state index in [0.29, 0.717) is 5.37 Å². The highest BCUT2D eigenvalue weighted by Crippen LogP contribution is 2.35. The summed E-state index contributed by atoms with van der Waals surface area (Å²) in [6.45, 7) is 1.12. The molecule has 0 saturated carbocycles. The Morgan fingerprint density at radius 1 is 1.55 bits per heavy atom. The molecule has 0 aromatic carbocycles. The molecule has 1 aliphatic heterocycles. The van der Waals surface area contributed by atoms with Crippen LogP contribution in [0.2, 0.25) is 4.34 Å². The normalized spacial score (nSPS) is 24.3. The summed E-state index contributed by atoms with van der Waals surface area (Å²) in [5.74, 6) is 1.21. The second kappa shape index (κ2) is 3.35. The number of rotatable bonds is 1. The third-order valence-corrected chi connectivity index (χ3v) is 4.21. The Labute approximate surface area is 79.1 Å². The van der Waals surface area contributed by atoms with Gasteiger partial charge in [-0.15, -0.1) is 23.1 Å². The van der Waals surface area contributed by atoms with Gasteiger partial charge >= 0.3 is 0 Å². The van der Waals surface area contributed by atoms with E-state index in [1.165, 1.54) is 10.6 Å². The van der Waals surface area contributed by atoms with E-state index in [2.05, 4.69) is 11.4 Å². The summed E-state index contributed by atoms with van der Waals surface area (Å²) < 4.78 is 0.884. The topological polar surface area (TPSA) is 12.0 Å². The minimum absolute atomic E-state index is 0.493. The van der Waals surface area contributed by atoms with Crippen LogP contribution in [0.25, 0.3) is 0 Å². The molecule has 1 aliphatic rings. The summed E-state index contributed by atoms with van der Waals surface area (Å²) in [7, 11) is 0. The molecule has 0 unspecified atom stereocenters. The Bertz CT molecular complexity index is 242. The lowest BCUT2D eigenvalue weighted by atomic mass is 10.4. The van der Waals surface area contributed by atoms with Gasteiger partial charge in [-0.2, -0.15) is 0 Å². The van der Waals surface area contributed by atoms with Crippen LogP contribution in [0, 0.1) is 0 Å². The maximum atomic E-state index is 5.82. The number of nitrogens with one attached hydrogen (secondary N) is 1. The number of thioether (sulfide) groups is 1. The lowest BCUT2D eigenvalue weighted by Crippen LogP contribution is -2.10. The Morgan fingerprint density at radius 2 is 2.45 bits per heavy atom. The van der Waals surface area contributed by atoms with Gasteiger partial charge in [0.1, 0.15) is 0 Å². The Balaban J connectivity index is 2.15. The van der Waals surface area contributed by atoms with Crippen LogP contribution >= 0.6 is 34.7 Å². The van der Waals surface area contributed by atoms with Crippen LogP contribution in [-0.2, 0) is 0 Å². The van der Waals surface area contributed by atoms with Crippen molar-refractivity contribution in [3.63, 3.8) is 0 Å². The smallest absolute Gasteiger partial charge is 0.0932 e. The summed E-state index contributed by atoms with van der Waals surface area (Å²) in [6.07, 6.45) is 0. The monoisotopic (exact) mass is 205 g/mol. The van der Waals surface area contributed by atoms with Crippen LogP contribution in [0.5, 0.6) is 0 Å². The second-order valence-corrected chi connectivity index (χ2v) is 5.31. The molecule has 0 radical (unpaired) electrons. The van der Waals surface area contributed by atoms with Gasteiger partial charge in [0.15, 0.2) is 0 Å². The van der Waals surface area contributed by atoms with Crippen molar-refractivity contribution < 1.29 is 0 Å². The fraction of sp³-hybridized carbons (Fsp3) is 0.429. The SMILES string of the molecule is Clc1ccc([C@H]2NCCS2)s1. The van der Waals surface area contributed by atoms with Crippen molar-refractivity contribution in [2.24, 2.45) is 0 Å². The number of halogens is 1. The average Bonchev–Trinajstić information content (AvgIpc) is 2.55. The molecule has 1 aromatic heterocycles. The van der Waals surface area contributed by atoms with Gasteiger partial charge in [0, 0.05) is 17.2 Å². The molecule has 2 rings (SSSR count). The Morgan fingerprint density at radius 3 is 3.00 bits per heavy atom. The second-order valence-electron chi connectivity index (χ2n) is 2.35. The first kappa shape index (κ1) is 7.92. The fourth-order valence-corrected chi connectivity index (χ4v) is 3.39. The molecule has 0 aliphatic carbocycles. The Kier molecular flexibility index (Phi) is 2.42. The molecule has 60 valence electrons. The van der Waals surface area contributed by atoms with Gasteiger partial charge in [-0.25, -0.2) is 0 Å².